The number of hydrogen-bond donors (Lipinski definition) is 2. The number of benzene rings is 2. The molecular formula is C19H19BrN4O2. The topological polar surface area (TPSA) is 68.2 Å². The molecule has 0 fully saturated rings. The summed E-state index contributed by atoms with van der Waals surface area (Å²) in [6, 6.07) is 15.0. The van der Waals surface area contributed by atoms with Crippen LogP contribution in [0.3, 0.4) is 0 Å². The molecule has 3 rings (SSSR count). The zero-order valence-electron chi connectivity index (χ0n) is 14.5. The molecule has 6 nitrogen and oxygen atoms in total. The number of aromatic nitrogens is 2. The zero-order valence-corrected chi connectivity index (χ0v) is 16.1. The van der Waals surface area contributed by atoms with Gasteiger partial charge in [-0.05, 0) is 40.5 Å². The largest absolute Gasteiger partial charge is 0.497 e. The number of nitrogens with one attached hydrogen (secondary N) is 2. The Hall–Kier alpha value is -2.80. The highest BCUT2D eigenvalue weighted by Gasteiger charge is 2.11. The van der Waals surface area contributed by atoms with Crippen molar-refractivity contribution < 1.29 is 9.53 Å². The van der Waals surface area contributed by atoms with Crippen molar-refractivity contribution in [2.75, 3.05) is 17.7 Å². The summed E-state index contributed by atoms with van der Waals surface area (Å²) >= 11 is 3.44. The van der Waals surface area contributed by atoms with E-state index in [1.54, 1.807) is 30.0 Å². The van der Waals surface area contributed by atoms with E-state index in [1.165, 1.54) is 5.56 Å². The third-order valence-electron chi connectivity index (χ3n) is 3.70. The van der Waals surface area contributed by atoms with Crippen LogP contribution >= 0.6 is 15.9 Å². The number of anilines is 2. The number of nitrogens with zero attached hydrogens (tertiary/aromatic N) is 2. The summed E-state index contributed by atoms with van der Waals surface area (Å²) in [6.45, 7) is 2.68. The van der Waals surface area contributed by atoms with E-state index >= 15 is 0 Å². The molecule has 0 bridgehead atoms. The quantitative estimate of drug-likeness (QED) is 0.637. The van der Waals surface area contributed by atoms with Gasteiger partial charge in [-0.2, -0.15) is 5.10 Å². The van der Waals surface area contributed by atoms with Gasteiger partial charge in [0.2, 0.25) is 0 Å². The Kier molecular flexibility index (Phi) is 5.58. The van der Waals surface area contributed by atoms with Crippen molar-refractivity contribution in [3.05, 3.63) is 70.3 Å². The molecule has 26 heavy (non-hydrogen) atoms. The lowest BCUT2D eigenvalue weighted by molar-refractivity contribution is 0.262. The molecule has 7 heteroatoms. The van der Waals surface area contributed by atoms with Gasteiger partial charge in [0.05, 0.1) is 18.1 Å². The SMILES string of the molecule is COc1cccc(NC(=O)Nc2nn(Cc3cccc(C)c3)cc2Br)c1. The van der Waals surface area contributed by atoms with Crippen molar-refractivity contribution in [3.8, 4) is 5.75 Å². The minimum atomic E-state index is -0.375. The molecule has 0 aliphatic heterocycles. The van der Waals surface area contributed by atoms with Gasteiger partial charge >= 0.3 is 6.03 Å². The molecule has 2 amide bonds. The Morgan fingerprint density at radius 1 is 1.19 bits per heavy atom. The van der Waals surface area contributed by atoms with Crippen molar-refractivity contribution >= 4 is 33.5 Å². The second-order valence-corrected chi connectivity index (χ2v) is 6.68. The van der Waals surface area contributed by atoms with Crippen LogP contribution in [0.2, 0.25) is 0 Å². The van der Waals surface area contributed by atoms with E-state index in [1.807, 2.05) is 24.4 Å². The first-order valence-electron chi connectivity index (χ1n) is 8.04. The number of urea groups is 1. The van der Waals surface area contributed by atoms with Gasteiger partial charge in [0.15, 0.2) is 5.82 Å². The monoisotopic (exact) mass is 414 g/mol. The van der Waals surface area contributed by atoms with Gasteiger partial charge in [0, 0.05) is 18.0 Å². The number of amides is 2. The minimum absolute atomic E-state index is 0.375. The maximum absolute atomic E-state index is 12.2. The van der Waals surface area contributed by atoms with E-state index in [2.05, 4.69) is 50.7 Å². The lowest BCUT2D eigenvalue weighted by Gasteiger charge is -2.07. The first-order chi connectivity index (χ1) is 12.5. The maximum Gasteiger partial charge on any atom is 0.324 e. The predicted octanol–water partition coefficient (Wildman–Crippen LogP) is 4.65. The summed E-state index contributed by atoms with van der Waals surface area (Å²) in [7, 11) is 1.58. The Bertz CT molecular complexity index is 923. The van der Waals surface area contributed by atoms with E-state index < -0.39 is 0 Å². The van der Waals surface area contributed by atoms with Crippen molar-refractivity contribution in [3.63, 3.8) is 0 Å². The molecule has 3 aromatic rings. The normalized spacial score (nSPS) is 10.4. The summed E-state index contributed by atoms with van der Waals surface area (Å²) in [5, 5.41) is 9.93. The van der Waals surface area contributed by atoms with Crippen LogP contribution in [0.1, 0.15) is 11.1 Å². The molecule has 0 radical (unpaired) electrons. The summed E-state index contributed by atoms with van der Waals surface area (Å²) in [4.78, 5) is 12.2. The Morgan fingerprint density at radius 2 is 2.00 bits per heavy atom. The van der Waals surface area contributed by atoms with E-state index in [4.69, 9.17) is 4.74 Å². The third kappa shape index (κ3) is 4.64. The molecule has 134 valence electrons. The fraction of sp³-hybridized carbons (Fsp3) is 0.158. The summed E-state index contributed by atoms with van der Waals surface area (Å²) in [6.07, 6.45) is 1.84. The summed E-state index contributed by atoms with van der Waals surface area (Å²) in [5.74, 6) is 1.13. The lowest BCUT2D eigenvalue weighted by Crippen LogP contribution is -2.20. The first kappa shape index (κ1) is 18.0. The predicted molar refractivity (Wildman–Crippen MR) is 106 cm³/mol. The average Bonchev–Trinajstić information content (AvgIpc) is 2.94. The fourth-order valence-corrected chi connectivity index (χ4v) is 2.95. The number of carbonyl (C=O) groups excluding carboxylic acids is 1. The van der Waals surface area contributed by atoms with Gasteiger partial charge in [0.25, 0.3) is 0 Å². The van der Waals surface area contributed by atoms with Gasteiger partial charge in [-0.3, -0.25) is 10.00 Å². The van der Waals surface area contributed by atoms with Crippen LogP contribution < -0.4 is 15.4 Å². The first-order valence-corrected chi connectivity index (χ1v) is 8.83. The number of aryl methyl sites for hydroxylation is 1. The lowest BCUT2D eigenvalue weighted by atomic mass is 10.1. The summed E-state index contributed by atoms with van der Waals surface area (Å²) in [5.41, 5.74) is 2.98. The van der Waals surface area contributed by atoms with Crippen molar-refractivity contribution in [2.45, 2.75) is 13.5 Å². The molecule has 0 aliphatic carbocycles. The van der Waals surface area contributed by atoms with Crippen molar-refractivity contribution in [1.82, 2.24) is 9.78 Å². The Morgan fingerprint density at radius 3 is 2.77 bits per heavy atom. The van der Waals surface area contributed by atoms with E-state index in [9.17, 15) is 4.79 Å². The average molecular weight is 415 g/mol. The Labute approximate surface area is 160 Å². The second kappa shape index (κ2) is 8.05. The van der Waals surface area contributed by atoms with Crippen LogP contribution in [0.4, 0.5) is 16.3 Å². The van der Waals surface area contributed by atoms with Crippen LogP contribution in [-0.4, -0.2) is 22.9 Å². The van der Waals surface area contributed by atoms with Crippen LogP contribution in [0.25, 0.3) is 0 Å². The number of ether oxygens (including phenoxy) is 1. The van der Waals surface area contributed by atoms with Crippen LogP contribution in [0.5, 0.6) is 5.75 Å². The highest BCUT2D eigenvalue weighted by molar-refractivity contribution is 9.10. The minimum Gasteiger partial charge on any atom is -0.497 e. The van der Waals surface area contributed by atoms with E-state index in [-0.39, 0.29) is 6.03 Å². The van der Waals surface area contributed by atoms with E-state index in [0.717, 1.165) is 5.56 Å². The maximum atomic E-state index is 12.2. The van der Waals surface area contributed by atoms with Crippen molar-refractivity contribution in [2.24, 2.45) is 0 Å². The molecule has 0 saturated carbocycles. The molecule has 1 heterocycles. The summed E-state index contributed by atoms with van der Waals surface area (Å²) < 4.78 is 7.64. The third-order valence-corrected chi connectivity index (χ3v) is 4.28. The molecule has 0 atom stereocenters. The molecular weight excluding hydrogens is 396 g/mol. The molecule has 0 unspecified atom stereocenters. The number of methoxy groups -OCH3 is 1. The van der Waals surface area contributed by atoms with Gasteiger partial charge in [-0.15, -0.1) is 0 Å². The molecule has 2 N–H and O–H groups in total. The van der Waals surface area contributed by atoms with E-state index in [0.29, 0.717) is 28.3 Å². The fourth-order valence-electron chi connectivity index (χ4n) is 2.53. The van der Waals surface area contributed by atoms with Gasteiger partial charge < -0.3 is 10.1 Å². The van der Waals surface area contributed by atoms with Gasteiger partial charge in [0.1, 0.15) is 5.75 Å². The van der Waals surface area contributed by atoms with Crippen LogP contribution in [-0.2, 0) is 6.54 Å². The highest BCUT2D eigenvalue weighted by atomic mass is 79.9. The number of rotatable bonds is 5. The van der Waals surface area contributed by atoms with Gasteiger partial charge in [-0.1, -0.05) is 35.9 Å². The molecule has 2 aromatic carbocycles. The molecule has 1 aromatic heterocycles. The standard InChI is InChI=1S/C19H19BrN4O2/c1-13-5-3-6-14(9-13)11-24-12-17(20)18(23-24)22-19(25)21-15-7-4-8-16(10-15)26-2/h3-10,12H,11H2,1-2H3,(H2,21,22,23,25). The zero-order chi connectivity index (χ0) is 18.5. The van der Waals surface area contributed by atoms with Gasteiger partial charge in [-0.25, -0.2) is 4.79 Å². The Balaban J connectivity index is 1.66. The second-order valence-electron chi connectivity index (χ2n) is 5.82. The molecule has 0 saturated heterocycles. The smallest absolute Gasteiger partial charge is 0.324 e. The molecule has 0 spiro atoms. The number of halogens is 1. The van der Waals surface area contributed by atoms with Crippen molar-refractivity contribution in [1.29, 1.82) is 0 Å². The molecule has 0 aliphatic rings. The highest BCUT2D eigenvalue weighted by Crippen LogP contribution is 2.22. The number of hydrogen-bond acceptors (Lipinski definition) is 3. The van der Waals surface area contributed by atoms with Crippen LogP contribution in [0, 0.1) is 6.92 Å². The number of carbonyl (C=O) groups is 1. The van der Waals surface area contributed by atoms with Crippen LogP contribution in [0.15, 0.2) is 59.2 Å².